The molecule has 0 amide bonds. The van der Waals surface area contributed by atoms with Crippen molar-refractivity contribution in [3.8, 4) is 36.4 Å². The molecule has 15 heteroatoms. The van der Waals surface area contributed by atoms with E-state index in [0.29, 0.717) is 0 Å². The summed E-state index contributed by atoms with van der Waals surface area (Å²) >= 11 is 0. The molecule has 0 N–H and O–H groups in total. The van der Waals surface area contributed by atoms with E-state index in [0.717, 1.165) is 18.2 Å². The van der Waals surface area contributed by atoms with Gasteiger partial charge in [-0.1, -0.05) is 0 Å². The lowest BCUT2D eigenvalue weighted by atomic mass is 9.89. The van der Waals surface area contributed by atoms with E-state index in [1.54, 1.807) is 0 Å². The van der Waals surface area contributed by atoms with Gasteiger partial charge in [-0.3, -0.25) is 0 Å². The maximum absolute atomic E-state index is 14.1. The van der Waals surface area contributed by atoms with E-state index in [4.69, 9.17) is 15.8 Å². The summed E-state index contributed by atoms with van der Waals surface area (Å²) in [5.74, 6) is 0. The smallest absolute Gasteiger partial charge is 0.192 e. The third kappa shape index (κ3) is 5.05. The SMILES string of the molecule is N#CC(C#N)=c1c(C#N)c/c(=C(\C#N)c2cc(C(F)(F)F)c(C#N)c(C(F)(F)F)c2)c(C(F)(F)F)c1C#N. The molecule has 0 aliphatic heterocycles. The summed E-state index contributed by atoms with van der Waals surface area (Å²) in [6.45, 7) is 0. The van der Waals surface area contributed by atoms with Crippen molar-refractivity contribution in [2.45, 2.75) is 18.5 Å². The lowest BCUT2D eigenvalue weighted by Crippen LogP contribution is -2.32. The predicted octanol–water partition coefficient (Wildman–Crippen LogP) is 4.28. The van der Waals surface area contributed by atoms with Crippen molar-refractivity contribution in [1.29, 1.82) is 31.6 Å². The average molecular weight is 534 g/mol. The number of nitrogens with zero attached hydrogens (tertiary/aromatic N) is 6. The van der Waals surface area contributed by atoms with Crippen LogP contribution in [0, 0.1) is 68.0 Å². The quantitative estimate of drug-likeness (QED) is 0.500. The molecule has 2 rings (SSSR count). The van der Waals surface area contributed by atoms with Crippen molar-refractivity contribution in [2.24, 2.45) is 0 Å². The van der Waals surface area contributed by atoms with Gasteiger partial charge < -0.3 is 0 Å². The molecule has 2 aromatic carbocycles. The molecule has 0 fully saturated rings. The number of rotatable bonds is 1. The highest BCUT2D eigenvalue weighted by Crippen LogP contribution is 2.41. The predicted molar refractivity (Wildman–Crippen MR) is 104 cm³/mol. The zero-order valence-corrected chi connectivity index (χ0v) is 17.8. The summed E-state index contributed by atoms with van der Waals surface area (Å²) in [6.07, 6.45) is -16.9. The van der Waals surface area contributed by atoms with Gasteiger partial charge in [-0.05, 0) is 23.8 Å². The van der Waals surface area contributed by atoms with Gasteiger partial charge in [0, 0.05) is 10.4 Å². The first kappa shape index (κ1) is 28.7. The average Bonchev–Trinajstić information content (AvgIpc) is 2.82. The van der Waals surface area contributed by atoms with Gasteiger partial charge in [-0.25, -0.2) is 0 Å². The summed E-state index contributed by atoms with van der Waals surface area (Å²) in [5, 5.41) is 52.9. The van der Waals surface area contributed by atoms with Crippen LogP contribution in [0.1, 0.15) is 38.9 Å². The van der Waals surface area contributed by atoms with E-state index in [1.807, 2.05) is 0 Å². The van der Waals surface area contributed by atoms with Crippen molar-refractivity contribution in [2.75, 3.05) is 0 Å². The van der Waals surface area contributed by atoms with Gasteiger partial charge in [0.25, 0.3) is 0 Å². The standard InChI is InChI=1S/C23H3F9N6/c24-21(25,26)17-2-10(3-18(15(17)8-37)22(27,28)29)14(7-36)13-1-11(4-33)19(12(5-34)6-35)16(9-38)20(13)23(30,31)32/h1-3H/b14-13-. The first-order chi connectivity index (χ1) is 17.5. The molecule has 0 unspecified atom stereocenters. The molecule has 0 atom stereocenters. The van der Waals surface area contributed by atoms with Gasteiger partial charge in [0.2, 0.25) is 0 Å². The van der Waals surface area contributed by atoms with Crippen LogP contribution in [-0.4, -0.2) is 0 Å². The minimum Gasteiger partial charge on any atom is -0.192 e. The largest absolute Gasteiger partial charge is 0.418 e. The van der Waals surface area contributed by atoms with Crippen LogP contribution in [0.2, 0.25) is 0 Å². The molecule has 6 nitrogen and oxygen atoms in total. The van der Waals surface area contributed by atoms with Gasteiger partial charge in [-0.2, -0.15) is 71.1 Å². The summed E-state index contributed by atoms with van der Waals surface area (Å²) in [5.41, 5.74) is -14.9. The highest BCUT2D eigenvalue weighted by Gasteiger charge is 2.42. The molecule has 2 aromatic rings. The van der Waals surface area contributed by atoms with Crippen LogP contribution < -0.4 is 10.4 Å². The zero-order valence-electron chi connectivity index (χ0n) is 17.8. The highest BCUT2D eigenvalue weighted by molar-refractivity contribution is 5.81. The van der Waals surface area contributed by atoms with Crippen molar-refractivity contribution >= 4 is 11.1 Å². The molecule has 0 spiro atoms. The molecule has 0 aliphatic carbocycles. The monoisotopic (exact) mass is 534 g/mol. The third-order valence-electron chi connectivity index (χ3n) is 4.85. The molecule has 38 heavy (non-hydrogen) atoms. The molecule has 0 saturated carbocycles. The van der Waals surface area contributed by atoms with Gasteiger partial charge in [0.15, 0.2) is 0 Å². The van der Waals surface area contributed by atoms with E-state index in [-0.39, 0.29) is 18.2 Å². The van der Waals surface area contributed by atoms with Crippen molar-refractivity contribution in [3.05, 3.63) is 67.6 Å². The van der Waals surface area contributed by atoms with Crippen LogP contribution in [0.5, 0.6) is 0 Å². The molecule has 0 radical (unpaired) electrons. The Morgan fingerprint density at radius 1 is 0.579 bits per heavy atom. The minimum atomic E-state index is -5.63. The number of hydrogen-bond acceptors (Lipinski definition) is 6. The summed E-state index contributed by atoms with van der Waals surface area (Å²) in [6, 6.07) is 6.41. The van der Waals surface area contributed by atoms with E-state index in [9.17, 15) is 55.3 Å². The molecular formula is C23H3F9N6. The first-order valence-electron chi connectivity index (χ1n) is 9.27. The minimum absolute atomic E-state index is 0.152. The number of benzene rings is 2. The fraction of sp³-hybridized carbons (Fsp3) is 0.130. The highest BCUT2D eigenvalue weighted by atomic mass is 19.4. The van der Waals surface area contributed by atoms with Gasteiger partial charge >= 0.3 is 18.5 Å². The molecular weight excluding hydrogens is 531 g/mol. The second-order valence-corrected chi connectivity index (χ2v) is 6.96. The van der Waals surface area contributed by atoms with Crippen molar-refractivity contribution in [1.82, 2.24) is 0 Å². The summed E-state index contributed by atoms with van der Waals surface area (Å²) in [7, 11) is 0. The van der Waals surface area contributed by atoms with E-state index in [2.05, 4.69) is 0 Å². The van der Waals surface area contributed by atoms with Gasteiger partial charge in [0.1, 0.15) is 35.9 Å². The second kappa shape index (κ2) is 9.86. The maximum Gasteiger partial charge on any atom is 0.418 e. The topological polar surface area (TPSA) is 143 Å². The lowest BCUT2D eigenvalue weighted by Gasteiger charge is -2.17. The molecule has 0 aliphatic rings. The van der Waals surface area contributed by atoms with E-state index in [1.165, 1.54) is 18.2 Å². The summed E-state index contributed by atoms with van der Waals surface area (Å²) < 4.78 is 124. The molecule has 0 heterocycles. The fourth-order valence-electron chi connectivity index (χ4n) is 3.41. The molecule has 0 saturated heterocycles. The van der Waals surface area contributed by atoms with Crippen LogP contribution in [0.4, 0.5) is 39.5 Å². The Bertz CT molecular complexity index is 1680. The Hall–Kier alpha value is -5.51. The van der Waals surface area contributed by atoms with Gasteiger partial charge in [-0.15, -0.1) is 0 Å². The Balaban J connectivity index is 3.49. The lowest BCUT2D eigenvalue weighted by molar-refractivity contribution is -0.143. The van der Waals surface area contributed by atoms with Crippen LogP contribution in [0.15, 0.2) is 18.2 Å². The number of nitriles is 6. The van der Waals surface area contributed by atoms with Crippen molar-refractivity contribution in [3.63, 3.8) is 0 Å². The Morgan fingerprint density at radius 2 is 1.05 bits per heavy atom. The Morgan fingerprint density at radius 3 is 1.37 bits per heavy atom. The Labute approximate surface area is 205 Å². The van der Waals surface area contributed by atoms with E-state index >= 15 is 0 Å². The maximum atomic E-state index is 14.1. The number of halogens is 9. The van der Waals surface area contributed by atoms with Gasteiger partial charge in [0.05, 0.1) is 45.0 Å². The van der Waals surface area contributed by atoms with Crippen LogP contribution >= 0.6 is 0 Å². The third-order valence-corrected chi connectivity index (χ3v) is 4.85. The Kier molecular flexibility index (Phi) is 7.45. The van der Waals surface area contributed by atoms with Crippen molar-refractivity contribution < 1.29 is 39.5 Å². The second-order valence-electron chi connectivity index (χ2n) is 6.96. The van der Waals surface area contributed by atoms with Crippen LogP contribution in [0.25, 0.3) is 11.1 Å². The normalized spacial score (nSPS) is 12.1. The van der Waals surface area contributed by atoms with Crippen LogP contribution in [-0.2, 0) is 18.5 Å². The first-order valence-corrected chi connectivity index (χ1v) is 9.27. The number of hydrogen-bond donors (Lipinski definition) is 0. The zero-order chi connectivity index (χ0) is 29.2. The number of alkyl halides is 9. The summed E-state index contributed by atoms with van der Waals surface area (Å²) in [4.78, 5) is 0. The fourth-order valence-corrected chi connectivity index (χ4v) is 3.41. The molecule has 188 valence electrons. The molecule has 0 aromatic heterocycles. The van der Waals surface area contributed by atoms with Crippen LogP contribution in [0.3, 0.4) is 0 Å². The van der Waals surface area contributed by atoms with E-state index < -0.39 is 79.1 Å². The molecule has 0 bridgehead atoms.